The molecule has 1 aliphatic rings. The average Bonchev–Trinajstić information content (AvgIpc) is 2.25. The molecule has 0 atom stereocenters. The van der Waals surface area contributed by atoms with Gasteiger partial charge < -0.3 is 9.64 Å². The molecule has 0 aliphatic carbocycles. The smallest absolute Gasteiger partial charge is 0.240 e. The Labute approximate surface area is 83.5 Å². The van der Waals surface area contributed by atoms with E-state index in [9.17, 15) is 9.59 Å². The van der Waals surface area contributed by atoms with Gasteiger partial charge in [-0.2, -0.15) is 0 Å². The van der Waals surface area contributed by atoms with Gasteiger partial charge in [-0.1, -0.05) is 0 Å². The zero-order chi connectivity index (χ0) is 11.1. The fourth-order valence-electron chi connectivity index (χ4n) is 1.81. The van der Waals surface area contributed by atoms with Crippen LogP contribution >= 0.6 is 0 Å². The van der Waals surface area contributed by atoms with E-state index < -0.39 is 5.41 Å². The summed E-state index contributed by atoms with van der Waals surface area (Å²) in [6.45, 7) is 4.93. The number of ether oxygens (including phenoxy) is 1. The third-order valence-electron chi connectivity index (χ3n) is 2.50. The van der Waals surface area contributed by atoms with Crippen molar-refractivity contribution >= 4 is 11.7 Å². The van der Waals surface area contributed by atoms with Gasteiger partial charge in [-0.05, 0) is 13.8 Å². The van der Waals surface area contributed by atoms with Gasteiger partial charge in [-0.15, -0.1) is 0 Å². The molecule has 0 fully saturated rings. The van der Waals surface area contributed by atoms with Gasteiger partial charge in [0.1, 0.15) is 16.9 Å². The largest absolute Gasteiger partial charge is 0.498 e. The van der Waals surface area contributed by atoms with Crippen LogP contribution in [0.15, 0.2) is 11.5 Å². The van der Waals surface area contributed by atoms with Crippen molar-refractivity contribution in [2.24, 2.45) is 5.41 Å². The summed E-state index contributed by atoms with van der Waals surface area (Å²) in [5.74, 6) is 0.195. The standard InChI is InChI=1S/C10H15NO3/c1-6(12)7-8(14-5)10(2,3)9(13)11(7)4/h1-5H3. The lowest BCUT2D eigenvalue weighted by atomic mass is 9.91. The van der Waals surface area contributed by atoms with Gasteiger partial charge in [-0.25, -0.2) is 0 Å². The quantitative estimate of drug-likeness (QED) is 0.661. The summed E-state index contributed by atoms with van der Waals surface area (Å²) >= 11 is 0. The fraction of sp³-hybridized carbons (Fsp3) is 0.600. The second kappa shape index (κ2) is 3.12. The minimum absolute atomic E-state index is 0.112. The number of hydrogen-bond donors (Lipinski definition) is 0. The van der Waals surface area contributed by atoms with E-state index in [2.05, 4.69) is 0 Å². The highest BCUT2D eigenvalue weighted by Gasteiger charge is 2.47. The van der Waals surface area contributed by atoms with E-state index >= 15 is 0 Å². The molecule has 0 spiro atoms. The second-order valence-electron chi connectivity index (χ2n) is 3.93. The molecule has 4 nitrogen and oxygen atoms in total. The summed E-state index contributed by atoms with van der Waals surface area (Å²) in [6.07, 6.45) is 0. The van der Waals surface area contributed by atoms with Crippen LogP contribution < -0.4 is 0 Å². The Morgan fingerprint density at radius 2 is 1.93 bits per heavy atom. The molecule has 0 aromatic rings. The number of hydrogen-bond acceptors (Lipinski definition) is 3. The minimum Gasteiger partial charge on any atom is -0.498 e. The van der Waals surface area contributed by atoms with E-state index in [1.54, 1.807) is 20.9 Å². The summed E-state index contributed by atoms with van der Waals surface area (Å²) in [6, 6.07) is 0. The molecule has 1 rings (SSSR count). The van der Waals surface area contributed by atoms with E-state index in [4.69, 9.17) is 4.74 Å². The number of rotatable bonds is 2. The van der Waals surface area contributed by atoms with Crippen LogP contribution in [0.4, 0.5) is 0 Å². The Balaban J connectivity index is 3.33. The molecule has 14 heavy (non-hydrogen) atoms. The van der Waals surface area contributed by atoms with Crippen molar-refractivity contribution < 1.29 is 14.3 Å². The van der Waals surface area contributed by atoms with E-state index in [1.807, 2.05) is 0 Å². The van der Waals surface area contributed by atoms with Crippen LogP contribution in [-0.2, 0) is 14.3 Å². The molecule has 0 unspecified atom stereocenters. The first-order valence-corrected chi connectivity index (χ1v) is 4.42. The second-order valence-corrected chi connectivity index (χ2v) is 3.93. The van der Waals surface area contributed by atoms with Crippen molar-refractivity contribution in [2.45, 2.75) is 20.8 Å². The van der Waals surface area contributed by atoms with Crippen LogP contribution in [-0.4, -0.2) is 30.7 Å². The van der Waals surface area contributed by atoms with Gasteiger partial charge in [0.15, 0.2) is 5.78 Å². The lowest BCUT2D eigenvalue weighted by Crippen LogP contribution is -2.31. The predicted molar refractivity (Wildman–Crippen MR) is 51.3 cm³/mol. The lowest BCUT2D eigenvalue weighted by Gasteiger charge is -2.18. The lowest BCUT2D eigenvalue weighted by molar-refractivity contribution is -0.134. The summed E-state index contributed by atoms with van der Waals surface area (Å²) in [4.78, 5) is 24.5. The van der Waals surface area contributed by atoms with Crippen LogP contribution in [0.1, 0.15) is 20.8 Å². The Kier molecular flexibility index (Phi) is 2.39. The first-order valence-electron chi connectivity index (χ1n) is 4.42. The summed E-state index contributed by atoms with van der Waals surface area (Å²) < 4.78 is 5.14. The molecular formula is C10H15NO3. The topological polar surface area (TPSA) is 46.6 Å². The van der Waals surface area contributed by atoms with Gasteiger partial charge in [0.25, 0.3) is 0 Å². The van der Waals surface area contributed by atoms with Crippen LogP contribution in [0.3, 0.4) is 0 Å². The van der Waals surface area contributed by atoms with Crippen molar-refractivity contribution in [3.05, 3.63) is 11.5 Å². The predicted octanol–water partition coefficient (Wildman–Crippen LogP) is 0.932. The molecular weight excluding hydrogens is 182 g/mol. The van der Waals surface area contributed by atoms with Crippen LogP contribution in [0.5, 0.6) is 0 Å². The third kappa shape index (κ3) is 1.22. The monoisotopic (exact) mass is 197 g/mol. The van der Waals surface area contributed by atoms with Gasteiger partial charge in [0.2, 0.25) is 5.91 Å². The SMILES string of the molecule is COC1=C(C(C)=O)N(C)C(=O)C1(C)C. The van der Waals surface area contributed by atoms with Crippen LogP contribution in [0, 0.1) is 5.41 Å². The molecule has 1 aliphatic heterocycles. The van der Waals surface area contributed by atoms with Crippen molar-refractivity contribution in [3.63, 3.8) is 0 Å². The number of ketones is 1. The van der Waals surface area contributed by atoms with E-state index in [1.165, 1.54) is 18.9 Å². The van der Waals surface area contributed by atoms with Crippen LogP contribution in [0.25, 0.3) is 0 Å². The molecule has 1 amide bonds. The van der Waals surface area contributed by atoms with Crippen LogP contribution in [0.2, 0.25) is 0 Å². The Morgan fingerprint density at radius 3 is 2.21 bits per heavy atom. The molecule has 0 bridgehead atoms. The number of likely N-dealkylation sites (N-methyl/N-ethyl adjacent to an activating group) is 1. The van der Waals surface area contributed by atoms with Gasteiger partial charge in [0.05, 0.1) is 7.11 Å². The van der Waals surface area contributed by atoms with Gasteiger partial charge in [-0.3, -0.25) is 9.59 Å². The van der Waals surface area contributed by atoms with Crippen molar-refractivity contribution in [3.8, 4) is 0 Å². The number of nitrogens with zero attached hydrogens (tertiary/aromatic N) is 1. The molecule has 0 aromatic carbocycles. The summed E-state index contributed by atoms with van der Waals surface area (Å²) in [7, 11) is 3.07. The Morgan fingerprint density at radius 1 is 1.43 bits per heavy atom. The first kappa shape index (κ1) is 10.8. The molecule has 0 aromatic heterocycles. The van der Waals surface area contributed by atoms with E-state index in [0.29, 0.717) is 11.5 Å². The molecule has 0 saturated carbocycles. The Bertz CT molecular complexity index is 328. The highest BCUT2D eigenvalue weighted by molar-refractivity contribution is 6.03. The molecule has 78 valence electrons. The molecule has 0 radical (unpaired) electrons. The number of methoxy groups -OCH3 is 1. The number of carbonyl (C=O) groups excluding carboxylic acids is 2. The third-order valence-corrected chi connectivity index (χ3v) is 2.50. The van der Waals surface area contributed by atoms with Gasteiger partial charge >= 0.3 is 0 Å². The first-order chi connectivity index (χ1) is 6.34. The maximum atomic E-state index is 11.8. The number of allylic oxidation sites excluding steroid dienone is 1. The number of amides is 1. The molecule has 1 heterocycles. The minimum atomic E-state index is -0.732. The maximum Gasteiger partial charge on any atom is 0.240 e. The average molecular weight is 197 g/mol. The maximum absolute atomic E-state index is 11.8. The molecule has 4 heteroatoms. The Hall–Kier alpha value is -1.32. The van der Waals surface area contributed by atoms with Crippen molar-refractivity contribution in [1.29, 1.82) is 0 Å². The van der Waals surface area contributed by atoms with Gasteiger partial charge in [0, 0.05) is 14.0 Å². The summed E-state index contributed by atoms with van der Waals surface area (Å²) in [5, 5.41) is 0. The normalized spacial score (nSPS) is 20.4. The number of Topliss-reactive ketones (excluding diaryl/α,β-unsaturated/α-hetero) is 1. The highest BCUT2D eigenvalue weighted by Crippen LogP contribution is 2.39. The zero-order valence-corrected chi connectivity index (χ0v) is 9.17. The van der Waals surface area contributed by atoms with Crippen molar-refractivity contribution in [1.82, 2.24) is 4.90 Å². The fourth-order valence-corrected chi connectivity index (χ4v) is 1.81. The zero-order valence-electron chi connectivity index (χ0n) is 9.17. The number of carbonyl (C=O) groups is 2. The highest BCUT2D eigenvalue weighted by atomic mass is 16.5. The van der Waals surface area contributed by atoms with E-state index in [-0.39, 0.29) is 11.7 Å². The van der Waals surface area contributed by atoms with Crippen molar-refractivity contribution in [2.75, 3.05) is 14.2 Å². The summed E-state index contributed by atoms with van der Waals surface area (Å²) in [5.41, 5.74) is -0.368. The molecule has 0 N–H and O–H groups in total. The van der Waals surface area contributed by atoms with E-state index in [0.717, 1.165) is 0 Å². The molecule has 0 saturated heterocycles.